The highest BCUT2D eigenvalue weighted by molar-refractivity contribution is 7.98. The van der Waals surface area contributed by atoms with E-state index in [9.17, 15) is 0 Å². The molecule has 2 heterocycles. The highest BCUT2D eigenvalue weighted by atomic mass is 35.5. The molecule has 2 aromatic carbocycles. The fourth-order valence-electron chi connectivity index (χ4n) is 3.44. The lowest BCUT2D eigenvalue weighted by molar-refractivity contribution is 0.334. The second kappa shape index (κ2) is 14.7. The van der Waals surface area contributed by atoms with Gasteiger partial charge in [-0.25, -0.2) is 4.98 Å². The van der Waals surface area contributed by atoms with Crippen LogP contribution in [-0.4, -0.2) is 47.0 Å². The van der Waals surface area contributed by atoms with Gasteiger partial charge in [-0.3, -0.25) is 4.98 Å². The van der Waals surface area contributed by atoms with E-state index in [1.165, 1.54) is 5.56 Å². The number of aromatic amines is 1. The van der Waals surface area contributed by atoms with Crippen molar-refractivity contribution in [2.75, 3.05) is 32.1 Å². The smallest absolute Gasteiger partial charge is 0.0931 e. The molecule has 34 heavy (non-hydrogen) atoms. The maximum atomic E-state index is 6.75. The number of rotatable bonds is 9. The summed E-state index contributed by atoms with van der Waals surface area (Å²) in [6.45, 7) is 2.76. The number of benzene rings is 2. The molecule has 0 saturated carbocycles. The third-order valence-corrected chi connectivity index (χ3v) is 6.65. The lowest BCUT2D eigenvalue weighted by Gasteiger charge is -2.25. The van der Waals surface area contributed by atoms with Crippen LogP contribution in [0.5, 0.6) is 0 Å². The molecule has 0 unspecified atom stereocenters. The number of anilines is 1. The van der Waals surface area contributed by atoms with Crippen molar-refractivity contribution in [1.82, 2.24) is 19.9 Å². The lowest BCUT2D eigenvalue weighted by Crippen LogP contribution is -2.30. The number of likely N-dealkylation sites (N-methyl/N-ethyl adjacent to an activating group) is 2. The van der Waals surface area contributed by atoms with Crippen molar-refractivity contribution in [3.8, 4) is 0 Å². The minimum Gasteiger partial charge on any atom is -0.372 e. The van der Waals surface area contributed by atoms with Crippen LogP contribution in [0.1, 0.15) is 11.3 Å². The Balaban J connectivity index is 0.00000193. The van der Waals surface area contributed by atoms with Crippen LogP contribution in [-0.2, 0) is 12.3 Å². The second-order valence-corrected chi connectivity index (χ2v) is 9.03. The van der Waals surface area contributed by atoms with Crippen molar-refractivity contribution in [1.29, 1.82) is 0 Å². The molecule has 0 aliphatic carbocycles. The molecule has 0 spiro atoms. The van der Waals surface area contributed by atoms with Crippen LogP contribution in [0.15, 0.2) is 72.0 Å². The molecule has 0 saturated heterocycles. The van der Waals surface area contributed by atoms with Gasteiger partial charge in [0, 0.05) is 43.5 Å². The third kappa shape index (κ3) is 7.94. The summed E-state index contributed by atoms with van der Waals surface area (Å²) in [5.41, 5.74) is 5.25. The van der Waals surface area contributed by atoms with E-state index in [1.54, 1.807) is 18.1 Å². The van der Waals surface area contributed by atoms with Crippen molar-refractivity contribution in [2.24, 2.45) is 0 Å². The van der Waals surface area contributed by atoms with E-state index in [0.29, 0.717) is 5.75 Å². The molecule has 5 nitrogen and oxygen atoms in total. The van der Waals surface area contributed by atoms with Crippen LogP contribution >= 0.6 is 60.6 Å². The molecule has 2 aromatic heterocycles. The van der Waals surface area contributed by atoms with Crippen LogP contribution in [0.2, 0.25) is 5.02 Å². The number of imidazole rings is 1. The van der Waals surface area contributed by atoms with Crippen LogP contribution in [0.25, 0.3) is 11.0 Å². The van der Waals surface area contributed by atoms with Crippen molar-refractivity contribution in [2.45, 2.75) is 17.2 Å². The summed E-state index contributed by atoms with van der Waals surface area (Å²) in [7, 11) is 4.23. The summed E-state index contributed by atoms with van der Waals surface area (Å²) in [6.07, 6.45) is 3.56. The third-order valence-electron chi connectivity index (χ3n) is 5.23. The number of thioether (sulfide) groups is 1. The molecular weight excluding hydrogens is 532 g/mol. The van der Waals surface area contributed by atoms with E-state index in [0.717, 1.165) is 52.0 Å². The SMILES string of the molecule is CN(CCN(C)c1ccnc(CSc2ccc3nc[nH]c3c2)c1Cl)Cc1ccccc1.Cl.Cl.Cl. The monoisotopic (exact) mass is 559 g/mol. The predicted octanol–water partition coefficient (Wildman–Crippen LogP) is 6.74. The summed E-state index contributed by atoms with van der Waals surface area (Å²) >= 11 is 8.47. The van der Waals surface area contributed by atoms with E-state index < -0.39 is 0 Å². The largest absolute Gasteiger partial charge is 0.372 e. The number of aromatic nitrogens is 3. The van der Waals surface area contributed by atoms with E-state index in [2.05, 4.69) is 75.2 Å². The van der Waals surface area contributed by atoms with Gasteiger partial charge in [-0.2, -0.15) is 0 Å². The van der Waals surface area contributed by atoms with E-state index in [-0.39, 0.29) is 37.2 Å². The quantitative estimate of drug-likeness (QED) is 0.230. The predicted molar refractivity (Wildman–Crippen MR) is 153 cm³/mol. The molecular formula is C24H29Cl4N5S. The maximum absolute atomic E-state index is 6.75. The number of nitrogens with zero attached hydrogens (tertiary/aromatic N) is 4. The fraction of sp³-hybridized carbons (Fsp3) is 0.250. The standard InChI is InChI=1S/C24H26ClN5S.3ClH/c1-29(15-18-6-4-3-5-7-18)12-13-30(2)23-10-11-26-22(24(23)25)16-31-19-8-9-20-21(14-19)28-17-27-20;;;/h3-11,14,17H,12-13,15-16H2,1-2H3,(H,27,28);3*1H. The summed E-state index contributed by atoms with van der Waals surface area (Å²) in [4.78, 5) is 17.6. The zero-order valence-corrected chi connectivity index (χ0v) is 23.0. The minimum absolute atomic E-state index is 0. The first-order valence-electron chi connectivity index (χ1n) is 10.2. The Kier molecular flexibility index (Phi) is 13.1. The fourth-order valence-corrected chi connectivity index (χ4v) is 4.73. The molecule has 0 aliphatic heterocycles. The molecule has 0 bridgehead atoms. The number of nitrogens with one attached hydrogen (secondary N) is 1. The van der Waals surface area contributed by atoms with Gasteiger partial charge < -0.3 is 14.8 Å². The maximum Gasteiger partial charge on any atom is 0.0931 e. The molecule has 0 aliphatic rings. The highest BCUT2D eigenvalue weighted by Gasteiger charge is 2.13. The van der Waals surface area contributed by atoms with E-state index in [4.69, 9.17) is 11.6 Å². The Morgan fingerprint density at radius 1 is 0.941 bits per heavy atom. The normalized spacial score (nSPS) is 10.4. The molecule has 1 N–H and O–H groups in total. The highest BCUT2D eigenvalue weighted by Crippen LogP contribution is 2.32. The lowest BCUT2D eigenvalue weighted by atomic mass is 10.2. The molecule has 0 fully saturated rings. The average Bonchev–Trinajstić information content (AvgIpc) is 3.25. The van der Waals surface area contributed by atoms with Gasteiger partial charge in [-0.05, 0) is 36.9 Å². The van der Waals surface area contributed by atoms with Crippen LogP contribution in [0, 0.1) is 0 Å². The van der Waals surface area contributed by atoms with Gasteiger partial charge in [0.15, 0.2) is 0 Å². The van der Waals surface area contributed by atoms with Gasteiger partial charge in [0.2, 0.25) is 0 Å². The Labute approximate surface area is 228 Å². The Morgan fingerprint density at radius 3 is 2.47 bits per heavy atom. The second-order valence-electron chi connectivity index (χ2n) is 7.61. The van der Waals surface area contributed by atoms with Crippen molar-refractivity contribution < 1.29 is 0 Å². The molecule has 4 rings (SSSR count). The summed E-state index contributed by atoms with van der Waals surface area (Å²) < 4.78 is 0. The van der Waals surface area contributed by atoms with Crippen LogP contribution in [0.3, 0.4) is 0 Å². The number of fused-ring (bicyclic) bond motifs is 1. The minimum atomic E-state index is 0. The van der Waals surface area contributed by atoms with E-state index in [1.807, 2.05) is 24.4 Å². The zero-order chi connectivity index (χ0) is 21.6. The summed E-state index contributed by atoms with van der Waals surface area (Å²) in [5.74, 6) is 0.716. The Hall–Kier alpha value is -1.67. The van der Waals surface area contributed by atoms with Gasteiger partial charge in [0.25, 0.3) is 0 Å². The average molecular weight is 561 g/mol. The van der Waals surface area contributed by atoms with Gasteiger partial charge in [0.1, 0.15) is 0 Å². The number of halogens is 4. The first-order valence-corrected chi connectivity index (χ1v) is 11.6. The van der Waals surface area contributed by atoms with E-state index >= 15 is 0 Å². The van der Waals surface area contributed by atoms with Gasteiger partial charge in [0.05, 0.1) is 33.8 Å². The topological polar surface area (TPSA) is 48.1 Å². The molecule has 10 heteroatoms. The van der Waals surface area contributed by atoms with Crippen molar-refractivity contribution >= 4 is 77.3 Å². The first-order chi connectivity index (χ1) is 15.1. The molecule has 184 valence electrons. The number of hydrogen-bond donors (Lipinski definition) is 1. The molecule has 4 aromatic rings. The van der Waals surface area contributed by atoms with Crippen LogP contribution in [0.4, 0.5) is 5.69 Å². The van der Waals surface area contributed by atoms with Gasteiger partial charge in [-0.1, -0.05) is 41.9 Å². The number of pyridine rings is 1. The Morgan fingerprint density at radius 2 is 1.71 bits per heavy atom. The van der Waals surface area contributed by atoms with Crippen LogP contribution < -0.4 is 4.90 Å². The van der Waals surface area contributed by atoms with Gasteiger partial charge >= 0.3 is 0 Å². The van der Waals surface area contributed by atoms with Crippen molar-refractivity contribution in [3.05, 3.63) is 83.4 Å². The molecule has 0 amide bonds. The number of hydrogen-bond acceptors (Lipinski definition) is 5. The Bertz CT molecular complexity index is 1140. The first kappa shape index (κ1) is 30.4. The summed E-state index contributed by atoms with van der Waals surface area (Å²) in [5, 5.41) is 0.728. The molecule has 0 atom stereocenters. The van der Waals surface area contributed by atoms with Crippen molar-refractivity contribution in [3.63, 3.8) is 0 Å². The van der Waals surface area contributed by atoms with Gasteiger partial charge in [-0.15, -0.1) is 49.0 Å². The zero-order valence-electron chi connectivity index (χ0n) is 19.0. The molecule has 0 radical (unpaired) electrons. The number of H-pyrrole nitrogens is 1. The summed E-state index contributed by atoms with van der Waals surface area (Å²) in [6, 6.07) is 18.7.